The van der Waals surface area contributed by atoms with E-state index in [2.05, 4.69) is 4.98 Å². The monoisotopic (exact) mass is 280 g/mol. The Kier molecular flexibility index (Phi) is 4.75. The van der Waals surface area contributed by atoms with Gasteiger partial charge in [0, 0.05) is 18.3 Å². The minimum Gasteiger partial charge on any atom is -0.395 e. The normalized spacial score (nSPS) is 31.1. The van der Waals surface area contributed by atoms with E-state index in [1.807, 2.05) is 43.9 Å². The van der Waals surface area contributed by atoms with E-state index in [1.54, 1.807) is 0 Å². The first-order valence-corrected chi connectivity index (χ1v) is 7.11. The molecule has 1 fully saturated rings. The van der Waals surface area contributed by atoms with Crippen molar-refractivity contribution >= 4 is 0 Å². The Balaban J connectivity index is 2.25. The zero-order valence-corrected chi connectivity index (χ0v) is 12.3. The van der Waals surface area contributed by atoms with E-state index in [9.17, 15) is 15.3 Å². The number of hydrogen-bond donors (Lipinski definition) is 3. The minimum absolute atomic E-state index is 0.173. The molecule has 0 saturated carbocycles. The van der Waals surface area contributed by atoms with E-state index in [1.165, 1.54) is 0 Å². The topological polar surface area (TPSA) is 76.8 Å². The number of aryl methyl sites for hydroxylation is 1. The molecule has 0 bridgehead atoms. The molecule has 0 aliphatic carbocycles. The Hall–Kier alpha value is -1.01. The lowest BCUT2D eigenvalue weighted by atomic mass is 9.98. The van der Waals surface area contributed by atoms with Gasteiger partial charge in [-0.3, -0.25) is 9.88 Å². The van der Waals surface area contributed by atoms with Crippen molar-refractivity contribution in [1.29, 1.82) is 0 Å². The van der Waals surface area contributed by atoms with Crippen molar-refractivity contribution in [1.82, 2.24) is 9.88 Å². The SMILES string of the molecule is Cc1cccc(CN2[C@H](CO)[C@@H](O)[C@@H](O)[C@@H]2C(C)C)n1. The highest BCUT2D eigenvalue weighted by Gasteiger charge is 2.48. The minimum atomic E-state index is -0.919. The summed E-state index contributed by atoms with van der Waals surface area (Å²) in [7, 11) is 0. The van der Waals surface area contributed by atoms with E-state index in [0.29, 0.717) is 6.54 Å². The third kappa shape index (κ3) is 2.86. The average Bonchev–Trinajstić information content (AvgIpc) is 2.61. The number of rotatable bonds is 4. The van der Waals surface area contributed by atoms with Gasteiger partial charge in [-0.25, -0.2) is 0 Å². The molecule has 2 heterocycles. The third-order valence-corrected chi connectivity index (χ3v) is 4.06. The number of likely N-dealkylation sites (tertiary alicyclic amines) is 1. The molecule has 2 rings (SSSR count). The molecule has 1 aliphatic rings. The Morgan fingerprint density at radius 1 is 1.25 bits per heavy atom. The molecule has 0 amide bonds. The summed E-state index contributed by atoms with van der Waals surface area (Å²) < 4.78 is 0. The molecule has 1 aliphatic heterocycles. The second-order valence-corrected chi connectivity index (χ2v) is 5.91. The zero-order valence-electron chi connectivity index (χ0n) is 12.3. The smallest absolute Gasteiger partial charge is 0.0991 e. The van der Waals surface area contributed by atoms with Gasteiger partial charge >= 0.3 is 0 Å². The summed E-state index contributed by atoms with van der Waals surface area (Å²) in [6, 6.07) is 5.18. The van der Waals surface area contributed by atoms with Gasteiger partial charge in [-0.1, -0.05) is 19.9 Å². The molecular formula is C15H24N2O3. The van der Waals surface area contributed by atoms with Crippen molar-refractivity contribution in [3.8, 4) is 0 Å². The van der Waals surface area contributed by atoms with Crippen LogP contribution in [0.1, 0.15) is 25.2 Å². The van der Waals surface area contributed by atoms with Crippen LogP contribution >= 0.6 is 0 Å². The molecule has 0 radical (unpaired) electrons. The molecule has 0 aromatic carbocycles. The summed E-state index contributed by atoms with van der Waals surface area (Å²) in [6.45, 7) is 6.30. The Labute approximate surface area is 119 Å². The largest absolute Gasteiger partial charge is 0.395 e. The van der Waals surface area contributed by atoms with Gasteiger partial charge in [0.2, 0.25) is 0 Å². The lowest BCUT2D eigenvalue weighted by Gasteiger charge is -2.31. The van der Waals surface area contributed by atoms with Gasteiger partial charge in [0.1, 0.15) is 0 Å². The van der Waals surface area contributed by atoms with Gasteiger partial charge < -0.3 is 15.3 Å². The third-order valence-electron chi connectivity index (χ3n) is 4.06. The van der Waals surface area contributed by atoms with Crippen LogP contribution in [0.15, 0.2) is 18.2 Å². The number of aromatic nitrogens is 1. The van der Waals surface area contributed by atoms with Crippen LogP contribution in [0.5, 0.6) is 0 Å². The predicted molar refractivity (Wildman–Crippen MR) is 76.0 cm³/mol. The summed E-state index contributed by atoms with van der Waals surface area (Å²) >= 11 is 0. The number of aliphatic hydroxyl groups excluding tert-OH is 3. The number of nitrogens with zero attached hydrogens (tertiary/aromatic N) is 2. The van der Waals surface area contributed by atoms with Crippen LogP contribution in [-0.4, -0.2) is 56.1 Å². The van der Waals surface area contributed by atoms with E-state index < -0.39 is 18.2 Å². The van der Waals surface area contributed by atoms with Crippen LogP contribution < -0.4 is 0 Å². The van der Waals surface area contributed by atoms with E-state index in [4.69, 9.17) is 0 Å². The highest BCUT2D eigenvalue weighted by molar-refractivity contribution is 5.12. The molecule has 1 aromatic rings. The molecule has 112 valence electrons. The highest BCUT2D eigenvalue weighted by Crippen LogP contribution is 2.31. The van der Waals surface area contributed by atoms with E-state index in [0.717, 1.165) is 11.4 Å². The lowest BCUT2D eigenvalue weighted by Crippen LogP contribution is -2.43. The summed E-state index contributed by atoms with van der Waals surface area (Å²) in [5.74, 6) is 0.181. The standard InChI is InChI=1S/C15H24N2O3/c1-9(2)13-15(20)14(19)12(8-18)17(13)7-11-6-4-5-10(3)16-11/h4-6,9,12-15,18-20H,7-8H2,1-3H3/t12-,13+,14-,15+/m1/s1. The quantitative estimate of drug-likeness (QED) is 0.740. The van der Waals surface area contributed by atoms with Crippen LogP contribution in [0.2, 0.25) is 0 Å². The van der Waals surface area contributed by atoms with Crippen LogP contribution in [0.25, 0.3) is 0 Å². The van der Waals surface area contributed by atoms with Crippen molar-refractivity contribution in [3.05, 3.63) is 29.6 Å². The fourth-order valence-electron chi connectivity index (χ4n) is 3.13. The fraction of sp³-hybridized carbons (Fsp3) is 0.667. The Bertz CT molecular complexity index is 452. The predicted octanol–water partition coefficient (Wildman–Crippen LogP) is 0.313. The maximum absolute atomic E-state index is 10.2. The molecule has 4 atom stereocenters. The average molecular weight is 280 g/mol. The summed E-state index contributed by atoms with van der Waals surface area (Å²) in [5.41, 5.74) is 1.82. The van der Waals surface area contributed by atoms with Crippen molar-refractivity contribution in [2.45, 2.75) is 51.6 Å². The second kappa shape index (κ2) is 6.18. The van der Waals surface area contributed by atoms with E-state index in [-0.39, 0.29) is 18.6 Å². The summed E-state index contributed by atoms with van der Waals surface area (Å²) in [6.07, 6.45) is -1.76. The van der Waals surface area contributed by atoms with Crippen molar-refractivity contribution in [3.63, 3.8) is 0 Å². The van der Waals surface area contributed by atoms with Crippen molar-refractivity contribution in [2.24, 2.45) is 5.92 Å². The first kappa shape index (κ1) is 15.4. The second-order valence-electron chi connectivity index (χ2n) is 5.91. The van der Waals surface area contributed by atoms with Crippen LogP contribution in [0, 0.1) is 12.8 Å². The summed E-state index contributed by atoms with van der Waals surface area (Å²) in [5, 5.41) is 29.8. The molecule has 5 nitrogen and oxygen atoms in total. The van der Waals surface area contributed by atoms with Crippen LogP contribution in [-0.2, 0) is 6.54 Å². The highest BCUT2D eigenvalue weighted by atomic mass is 16.3. The molecule has 0 unspecified atom stereocenters. The first-order chi connectivity index (χ1) is 9.45. The molecule has 1 aromatic heterocycles. The molecule has 1 saturated heterocycles. The molecule has 3 N–H and O–H groups in total. The van der Waals surface area contributed by atoms with Crippen molar-refractivity contribution < 1.29 is 15.3 Å². The Morgan fingerprint density at radius 2 is 1.95 bits per heavy atom. The fourth-order valence-corrected chi connectivity index (χ4v) is 3.13. The number of pyridine rings is 1. The molecule has 5 heteroatoms. The maximum atomic E-state index is 10.2. The van der Waals surface area contributed by atoms with Gasteiger partial charge in [-0.15, -0.1) is 0 Å². The zero-order chi connectivity index (χ0) is 14.9. The first-order valence-electron chi connectivity index (χ1n) is 7.11. The van der Waals surface area contributed by atoms with Gasteiger partial charge in [0.05, 0.1) is 30.6 Å². The molecule has 20 heavy (non-hydrogen) atoms. The van der Waals surface area contributed by atoms with Gasteiger partial charge in [-0.05, 0) is 25.0 Å². The van der Waals surface area contributed by atoms with E-state index >= 15 is 0 Å². The lowest BCUT2D eigenvalue weighted by molar-refractivity contribution is 0.0145. The van der Waals surface area contributed by atoms with Gasteiger partial charge in [-0.2, -0.15) is 0 Å². The maximum Gasteiger partial charge on any atom is 0.0991 e. The number of aliphatic hydroxyl groups is 3. The van der Waals surface area contributed by atoms with Gasteiger partial charge in [0.25, 0.3) is 0 Å². The van der Waals surface area contributed by atoms with Crippen LogP contribution in [0.3, 0.4) is 0 Å². The summed E-state index contributed by atoms with van der Waals surface area (Å²) in [4.78, 5) is 6.44. The van der Waals surface area contributed by atoms with Crippen molar-refractivity contribution in [2.75, 3.05) is 6.61 Å². The number of hydrogen-bond acceptors (Lipinski definition) is 5. The Morgan fingerprint density at radius 3 is 2.50 bits per heavy atom. The molecule has 0 spiro atoms. The molecular weight excluding hydrogens is 256 g/mol. The van der Waals surface area contributed by atoms with Crippen LogP contribution in [0.4, 0.5) is 0 Å². The van der Waals surface area contributed by atoms with Gasteiger partial charge in [0.15, 0.2) is 0 Å².